The molecule has 0 atom stereocenters. The Labute approximate surface area is 126 Å². The summed E-state index contributed by atoms with van der Waals surface area (Å²) in [5.74, 6) is 2.12. The maximum atomic E-state index is 5.98. The molecule has 2 aromatic rings. The Balaban J connectivity index is 2.63. The monoisotopic (exact) mass is 288 g/mol. The van der Waals surface area contributed by atoms with Gasteiger partial charge in [0.2, 0.25) is 0 Å². The van der Waals surface area contributed by atoms with Gasteiger partial charge in [0, 0.05) is 43.0 Å². The predicted octanol–water partition coefficient (Wildman–Crippen LogP) is 3.65. The van der Waals surface area contributed by atoms with E-state index in [4.69, 9.17) is 9.47 Å². The summed E-state index contributed by atoms with van der Waals surface area (Å²) in [6, 6.07) is 6.09. The first kappa shape index (κ1) is 15.4. The van der Waals surface area contributed by atoms with Crippen LogP contribution in [0.15, 0.2) is 18.2 Å². The van der Waals surface area contributed by atoms with Crippen LogP contribution in [0.1, 0.15) is 19.5 Å². The molecule has 0 amide bonds. The molecule has 0 unspecified atom stereocenters. The molecule has 1 aromatic heterocycles. The fourth-order valence-electron chi connectivity index (χ4n) is 2.16. The highest BCUT2D eigenvalue weighted by molar-refractivity contribution is 5.93. The van der Waals surface area contributed by atoms with Crippen molar-refractivity contribution < 1.29 is 9.47 Å². The Morgan fingerprint density at radius 1 is 1.14 bits per heavy atom. The number of fused-ring (bicyclic) bond motifs is 1. The van der Waals surface area contributed by atoms with Gasteiger partial charge in [-0.25, -0.2) is 4.98 Å². The van der Waals surface area contributed by atoms with E-state index < -0.39 is 0 Å². The van der Waals surface area contributed by atoms with Crippen LogP contribution in [-0.2, 0) is 0 Å². The van der Waals surface area contributed by atoms with Crippen LogP contribution in [0.25, 0.3) is 10.9 Å². The molecule has 0 aliphatic heterocycles. The first-order valence-corrected chi connectivity index (χ1v) is 7.22. The number of pyridine rings is 1. The Morgan fingerprint density at radius 2 is 1.86 bits per heavy atom. The fourth-order valence-corrected chi connectivity index (χ4v) is 2.16. The van der Waals surface area contributed by atoms with E-state index in [1.807, 2.05) is 38.1 Å². The number of aromatic nitrogens is 1. The maximum absolute atomic E-state index is 5.98. The van der Waals surface area contributed by atoms with Crippen molar-refractivity contribution in [2.45, 2.75) is 20.8 Å². The topological polar surface area (TPSA) is 34.6 Å². The van der Waals surface area contributed by atoms with E-state index in [1.54, 1.807) is 7.11 Å². The van der Waals surface area contributed by atoms with E-state index in [1.165, 1.54) is 0 Å². The van der Waals surface area contributed by atoms with Gasteiger partial charge in [-0.3, -0.25) is 0 Å². The number of ether oxygens (including phenoxy) is 2. The lowest BCUT2D eigenvalue weighted by atomic mass is 10.1. The molecule has 0 saturated carbocycles. The lowest BCUT2D eigenvalue weighted by Gasteiger charge is -2.18. The van der Waals surface area contributed by atoms with Crippen molar-refractivity contribution in [3.63, 3.8) is 0 Å². The molecule has 0 radical (unpaired) electrons. The number of anilines is 1. The van der Waals surface area contributed by atoms with Crippen LogP contribution in [0.4, 0.5) is 5.69 Å². The summed E-state index contributed by atoms with van der Waals surface area (Å²) in [6.07, 6.45) is 0. The molecule has 0 spiro atoms. The summed E-state index contributed by atoms with van der Waals surface area (Å²) in [4.78, 5) is 6.66. The molecule has 0 aliphatic carbocycles. The summed E-state index contributed by atoms with van der Waals surface area (Å²) < 4.78 is 11.5. The quantitative estimate of drug-likeness (QED) is 0.841. The summed E-state index contributed by atoms with van der Waals surface area (Å²) >= 11 is 0. The van der Waals surface area contributed by atoms with Gasteiger partial charge in [-0.1, -0.05) is 13.8 Å². The van der Waals surface area contributed by atoms with Crippen LogP contribution in [0.3, 0.4) is 0 Å². The summed E-state index contributed by atoms with van der Waals surface area (Å²) in [5.41, 5.74) is 2.85. The average Bonchev–Trinajstić information content (AvgIpc) is 2.43. The largest absolute Gasteiger partial charge is 0.494 e. The number of aryl methyl sites for hydroxylation is 1. The van der Waals surface area contributed by atoms with Crippen molar-refractivity contribution in [1.82, 2.24) is 4.98 Å². The molecule has 1 aromatic carbocycles. The molecular weight excluding hydrogens is 264 g/mol. The van der Waals surface area contributed by atoms with Crippen molar-refractivity contribution in [2.24, 2.45) is 5.92 Å². The van der Waals surface area contributed by atoms with Crippen molar-refractivity contribution in [3.05, 3.63) is 23.9 Å². The second-order valence-corrected chi connectivity index (χ2v) is 5.91. The van der Waals surface area contributed by atoms with Gasteiger partial charge in [0.1, 0.15) is 17.0 Å². The minimum Gasteiger partial charge on any atom is -0.494 e. The Bertz CT molecular complexity index is 636. The zero-order valence-corrected chi connectivity index (χ0v) is 13.7. The molecule has 4 nitrogen and oxygen atoms in total. The molecule has 1 heterocycles. The molecule has 0 fully saturated rings. The standard InChI is InChI=1S/C17H24N2O2/c1-11(2)10-21-15-7-12(3)18-17-14(15)8-13(19(4)5)9-16(17)20-6/h7-9,11H,10H2,1-6H3. The lowest BCUT2D eigenvalue weighted by Crippen LogP contribution is -2.10. The normalized spacial score (nSPS) is 11.0. The minimum atomic E-state index is 0.479. The minimum absolute atomic E-state index is 0.479. The summed E-state index contributed by atoms with van der Waals surface area (Å²) in [6.45, 7) is 6.94. The Morgan fingerprint density at radius 3 is 2.43 bits per heavy atom. The van der Waals surface area contributed by atoms with Gasteiger partial charge in [0.05, 0.1) is 13.7 Å². The summed E-state index contributed by atoms with van der Waals surface area (Å²) in [7, 11) is 5.70. The number of hydrogen-bond acceptors (Lipinski definition) is 4. The third-order valence-corrected chi connectivity index (χ3v) is 3.26. The van der Waals surface area contributed by atoms with Crippen LogP contribution in [-0.4, -0.2) is 32.8 Å². The van der Waals surface area contributed by atoms with Crippen LogP contribution < -0.4 is 14.4 Å². The van der Waals surface area contributed by atoms with E-state index in [9.17, 15) is 0 Å². The third kappa shape index (κ3) is 3.38. The number of benzene rings is 1. The zero-order chi connectivity index (χ0) is 15.6. The zero-order valence-electron chi connectivity index (χ0n) is 13.7. The summed E-state index contributed by atoms with van der Waals surface area (Å²) in [5, 5.41) is 0.990. The fraction of sp³-hybridized carbons (Fsp3) is 0.471. The van der Waals surface area contributed by atoms with E-state index in [-0.39, 0.29) is 0 Å². The van der Waals surface area contributed by atoms with E-state index in [2.05, 4.69) is 24.9 Å². The number of nitrogens with zero attached hydrogens (tertiary/aromatic N) is 2. The molecule has 114 valence electrons. The van der Waals surface area contributed by atoms with Crippen LogP contribution in [0, 0.1) is 12.8 Å². The average molecular weight is 288 g/mol. The highest BCUT2D eigenvalue weighted by Crippen LogP contribution is 2.35. The van der Waals surface area contributed by atoms with E-state index in [0.717, 1.165) is 33.8 Å². The molecule has 2 rings (SSSR count). The molecule has 0 aliphatic rings. The smallest absolute Gasteiger partial charge is 0.147 e. The second kappa shape index (κ2) is 6.20. The SMILES string of the molecule is COc1cc(N(C)C)cc2c(OCC(C)C)cc(C)nc12. The van der Waals surface area contributed by atoms with Crippen molar-refractivity contribution in [3.8, 4) is 11.5 Å². The van der Waals surface area contributed by atoms with Gasteiger partial charge >= 0.3 is 0 Å². The molecule has 4 heteroatoms. The van der Waals surface area contributed by atoms with E-state index >= 15 is 0 Å². The lowest BCUT2D eigenvalue weighted by molar-refractivity contribution is 0.273. The third-order valence-electron chi connectivity index (χ3n) is 3.26. The molecule has 0 N–H and O–H groups in total. The molecule has 0 saturated heterocycles. The maximum Gasteiger partial charge on any atom is 0.147 e. The van der Waals surface area contributed by atoms with Crippen LogP contribution in [0.2, 0.25) is 0 Å². The first-order chi connectivity index (χ1) is 9.92. The Kier molecular flexibility index (Phi) is 4.56. The van der Waals surface area contributed by atoms with Crippen molar-refractivity contribution in [1.29, 1.82) is 0 Å². The van der Waals surface area contributed by atoms with Gasteiger partial charge in [0.15, 0.2) is 0 Å². The van der Waals surface area contributed by atoms with Gasteiger partial charge in [-0.2, -0.15) is 0 Å². The van der Waals surface area contributed by atoms with Gasteiger partial charge in [-0.15, -0.1) is 0 Å². The first-order valence-electron chi connectivity index (χ1n) is 7.22. The van der Waals surface area contributed by atoms with Gasteiger partial charge < -0.3 is 14.4 Å². The number of hydrogen-bond donors (Lipinski definition) is 0. The van der Waals surface area contributed by atoms with Crippen LogP contribution >= 0.6 is 0 Å². The van der Waals surface area contributed by atoms with Crippen molar-refractivity contribution in [2.75, 3.05) is 32.7 Å². The molecule has 21 heavy (non-hydrogen) atoms. The second-order valence-electron chi connectivity index (χ2n) is 5.91. The van der Waals surface area contributed by atoms with Crippen LogP contribution in [0.5, 0.6) is 11.5 Å². The predicted molar refractivity (Wildman–Crippen MR) is 87.7 cm³/mol. The highest BCUT2D eigenvalue weighted by Gasteiger charge is 2.13. The number of methoxy groups -OCH3 is 1. The van der Waals surface area contributed by atoms with Gasteiger partial charge in [-0.05, 0) is 18.9 Å². The van der Waals surface area contributed by atoms with E-state index in [0.29, 0.717) is 12.5 Å². The van der Waals surface area contributed by atoms with Crippen molar-refractivity contribution >= 4 is 16.6 Å². The molecular formula is C17H24N2O2. The molecule has 0 bridgehead atoms. The van der Waals surface area contributed by atoms with Gasteiger partial charge in [0.25, 0.3) is 0 Å². The Hall–Kier alpha value is -1.97. The number of rotatable bonds is 5. The highest BCUT2D eigenvalue weighted by atomic mass is 16.5.